The Morgan fingerprint density at radius 1 is 0.917 bits per heavy atom. The lowest BCUT2D eigenvalue weighted by molar-refractivity contribution is 0.0824. The molecule has 1 saturated heterocycles. The Kier molecular flexibility index (Phi) is 10.3. The molecule has 2 rings (SSSR count). The summed E-state index contributed by atoms with van der Waals surface area (Å²) in [6.45, 7) is 2.72. The quantitative estimate of drug-likeness (QED) is 0.477. The largest absolute Gasteiger partial charge is 0.390 e. The summed E-state index contributed by atoms with van der Waals surface area (Å²) < 4.78 is 5.85. The van der Waals surface area contributed by atoms with E-state index < -0.39 is 0 Å². The van der Waals surface area contributed by atoms with E-state index in [1.54, 1.807) is 0 Å². The summed E-state index contributed by atoms with van der Waals surface area (Å²) in [5, 5.41) is 13.2. The second-order valence-corrected chi connectivity index (χ2v) is 8.01. The zero-order valence-corrected chi connectivity index (χ0v) is 15.6. The molecule has 142 valence electrons. The first-order chi connectivity index (χ1) is 11.8. The maximum absolute atomic E-state index is 9.88. The SMILES string of the molecule is N[C@H]1CN[C@H](CCCCCCCCCOCC2CCCCC2)[C@H]1O. The van der Waals surface area contributed by atoms with Gasteiger partial charge in [0.05, 0.1) is 6.10 Å². The number of hydrogen-bond acceptors (Lipinski definition) is 4. The molecule has 0 aromatic carbocycles. The van der Waals surface area contributed by atoms with Crippen LogP contribution in [0.5, 0.6) is 0 Å². The predicted octanol–water partition coefficient (Wildman–Crippen LogP) is 3.36. The molecule has 0 aromatic heterocycles. The van der Waals surface area contributed by atoms with E-state index in [0.717, 1.165) is 32.1 Å². The number of aliphatic hydroxyl groups is 1. The molecule has 1 aliphatic carbocycles. The molecule has 2 fully saturated rings. The zero-order valence-electron chi connectivity index (χ0n) is 15.6. The minimum atomic E-state index is -0.349. The number of nitrogens with two attached hydrogens (primary N) is 1. The van der Waals surface area contributed by atoms with E-state index in [1.165, 1.54) is 77.0 Å². The summed E-state index contributed by atoms with van der Waals surface area (Å²) in [6, 6.07) is 0.150. The van der Waals surface area contributed by atoms with Crippen LogP contribution in [-0.4, -0.2) is 43.1 Å². The number of aliphatic hydroxyl groups excluding tert-OH is 1. The summed E-state index contributed by atoms with van der Waals surface area (Å²) >= 11 is 0. The monoisotopic (exact) mass is 340 g/mol. The van der Waals surface area contributed by atoms with E-state index >= 15 is 0 Å². The molecule has 2 aliphatic rings. The number of ether oxygens (including phenoxy) is 1. The van der Waals surface area contributed by atoms with Crippen LogP contribution in [-0.2, 0) is 4.74 Å². The highest BCUT2D eigenvalue weighted by atomic mass is 16.5. The zero-order chi connectivity index (χ0) is 17.0. The first kappa shape index (κ1) is 20.2. The minimum absolute atomic E-state index is 0.0738. The molecule has 4 heteroatoms. The Hall–Kier alpha value is -0.160. The van der Waals surface area contributed by atoms with Crippen LogP contribution in [0.2, 0.25) is 0 Å². The summed E-state index contributed by atoms with van der Waals surface area (Å²) in [5.41, 5.74) is 5.81. The lowest BCUT2D eigenvalue weighted by Crippen LogP contribution is -2.37. The summed E-state index contributed by atoms with van der Waals surface area (Å²) in [4.78, 5) is 0. The van der Waals surface area contributed by atoms with Crippen LogP contribution in [0.15, 0.2) is 0 Å². The molecule has 0 aromatic rings. The lowest BCUT2D eigenvalue weighted by atomic mass is 9.90. The van der Waals surface area contributed by atoms with Gasteiger partial charge in [-0.05, 0) is 31.6 Å². The van der Waals surface area contributed by atoms with Gasteiger partial charge in [-0.15, -0.1) is 0 Å². The third-order valence-corrected chi connectivity index (χ3v) is 5.85. The summed E-state index contributed by atoms with van der Waals surface area (Å²) in [5.74, 6) is 0.848. The Morgan fingerprint density at radius 2 is 1.58 bits per heavy atom. The Morgan fingerprint density at radius 3 is 2.25 bits per heavy atom. The highest BCUT2D eigenvalue weighted by Crippen LogP contribution is 2.23. The van der Waals surface area contributed by atoms with E-state index in [-0.39, 0.29) is 18.2 Å². The second-order valence-electron chi connectivity index (χ2n) is 8.01. The molecule has 0 unspecified atom stereocenters. The van der Waals surface area contributed by atoms with E-state index in [1.807, 2.05) is 0 Å². The second kappa shape index (κ2) is 12.2. The standard InChI is InChI=1S/C20H40N2O2/c21-18-15-22-19(20(18)23)13-9-4-2-1-3-5-10-14-24-16-17-11-7-6-8-12-17/h17-20,22-23H,1-16,21H2/t18-,19+,20-/m0/s1. The van der Waals surface area contributed by atoms with Gasteiger partial charge in [-0.2, -0.15) is 0 Å². The molecule has 4 nitrogen and oxygen atoms in total. The number of unbranched alkanes of at least 4 members (excludes halogenated alkanes) is 6. The topological polar surface area (TPSA) is 67.5 Å². The molecular weight excluding hydrogens is 300 g/mol. The van der Waals surface area contributed by atoms with Gasteiger partial charge in [0.2, 0.25) is 0 Å². The van der Waals surface area contributed by atoms with Gasteiger partial charge in [0.25, 0.3) is 0 Å². The average Bonchev–Trinajstić information content (AvgIpc) is 2.92. The Balaban J connectivity index is 1.30. The fourth-order valence-corrected chi connectivity index (χ4v) is 4.16. The van der Waals surface area contributed by atoms with Crippen molar-refractivity contribution in [3.05, 3.63) is 0 Å². The number of hydrogen-bond donors (Lipinski definition) is 3. The van der Waals surface area contributed by atoms with Crippen molar-refractivity contribution in [2.24, 2.45) is 11.7 Å². The van der Waals surface area contributed by atoms with Crippen LogP contribution in [0.4, 0.5) is 0 Å². The van der Waals surface area contributed by atoms with Gasteiger partial charge in [-0.3, -0.25) is 0 Å². The van der Waals surface area contributed by atoms with Gasteiger partial charge in [-0.1, -0.05) is 57.8 Å². The van der Waals surface area contributed by atoms with Crippen LogP contribution in [0, 0.1) is 5.92 Å². The van der Waals surface area contributed by atoms with Gasteiger partial charge in [0.1, 0.15) is 0 Å². The van der Waals surface area contributed by atoms with Crippen molar-refractivity contribution in [1.82, 2.24) is 5.32 Å². The smallest absolute Gasteiger partial charge is 0.0856 e. The lowest BCUT2D eigenvalue weighted by Gasteiger charge is -2.21. The first-order valence-corrected chi connectivity index (χ1v) is 10.5. The summed E-state index contributed by atoms with van der Waals surface area (Å²) in [7, 11) is 0. The summed E-state index contributed by atoms with van der Waals surface area (Å²) in [6.07, 6.45) is 16.7. The van der Waals surface area contributed by atoms with Crippen molar-refractivity contribution >= 4 is 0 Å². The van der Waals surface area contributed by atoms with Crippen LogP contribution < -0.4 is 11.1 Å². The highest BCUT2D eigenvalue weighted by molar-refractivity contribution is 4.92. The normalized spacial score (nSPS) is 28.5. The fraction of sp³-hybridized carbons (Fsp3) is 1.00. The van der Waals surface area contributed by atoms with Gasteiger partial charge in [0, 0.05) is 31.8 Å². The maximum Gasteiger partial charge on any atom is 0.0856 e. The van der Waals surface area contributed by atoms with Crippen molar-refractivity contribution in [2.75, 3.05) is 19.8 Å². The molecule has 0 radical (unpaired) electrons. The first-order valence-electron chi connectivity index (χ1n) is 10.5. The molecule has 24 heavy (non-hydrogen) atoms. The van der Waals surface area contributed by atoms with Crippen molar-refractivity contribution in [3.63, 3.8) is 0 Å². The van der Waals surface area contributed by atoms with Crippen molar-refractivity contribution in [3.8, 4) is 0 Å². The van der Waals surface area contributed by atoms with Crippen LogP contribution in [0.1, 0.15) is 83.5 Å². The third kappa shape index (κ3) is 7.81. The van der Waals surface area contributed by atoms with Gasteiger partial charge < -0.3 is 20.9 Å². The highest BCUT2D eigenvalue weighted by Gasteiger charge is 2.30. The van der Waals surface area contributed by atoms with Gasteiger partial charge in [0.15, 0.2) is 0 Å². The molecule has 0 spiro atoms. The average molecular weight is 341 g/mol. The number of rotatable bonds is 12. The molecule has 1 heterocycles. The van der Waals surface area contributed by atoms with Crippen molar-refractivity contribution < 1.29 is 9.84 Å². The van der Waals surface area contributed by atoms with Crippen molar-refractivity contribution in [2.45, 2.75) is 102 Å². The van der Waals surface area contributed by atoms with Crippen LogP contribution in [0.25, 0.3) is 0 Å². The molecule has 1 saturated carbocycles. The molecule has 0 amide bonds. The number of nitrogens with one attached hydrogen (secondary N) is 1. The van der Waals surface area contributed by atoms with E-state index in [9.17, 15) is 5.11 Å². The van der Waals surface area contributed by atoms with E-state index in [2.05, 4.69) is 5.32 Å². The molecule has 0 bridgehead atoms. The van der Waals surface area contributed by atoms with Crippen LogP contribution >= 0.6 is 0 Å². The van der Waals surface area contributed by atoms with E-state index in [4.69, 9.17) is 10.5 Å². The van der Waals surface area contributed by atoms with Gasteiger partial charge in [-0.25, -0.2) is 0 Å². The minimum Gasteiger partial charge on any atom is -0.390 e. The molecular formula is C20H40N2O2. The van der Waals surface area contributed by atoms with Crippen LogP contribution in [0.3, 0.4) is 0 Å². The molecule has 4 N–H and O–H groups in total. The molecule has 1 aliphatic heterocycles. The Labute approximate surface area is 148 Å². The maximum atomic E-state index is 9.88. The third-order valence-electron chi connectivity index (χ3n) is 5.85. The Bertz CT molecular complexity index is 308. The van der Waals surface area contributed by atoms with Crippen molar-refractivity contribution in [1.29, 1.82) is 0 Å². The predicted molar refractivity (Wildman–Crippen MR) is 100 cm³/mol. The molecule has 3 atom stereocenters. The fourth-order valence-electron chi connectivity index (χ4n) is 4.16. The van der Waals surface area contributed by atoms with Gasteiger partial charge >= 0.3 is 0 Å². The van der Waals surface area contributed by atoms with E-state index in [0.29, 0.717) is 0 Å².